The summed E-state index contributed by atoms with van der Waals surface area (Å²) in [4.78, 5) is 2.17. The molecule has 0 aliphatic rings. The summed E-state index contributed by atoms with van der Waals surface area (Å²) in [5, 5.41) is 7.24. The van der Waals surface area contributed by atoms with Crippen LogP contribution in [-0.4, -0.2) is 42.9 Å². The monoisotopic (exact) mass is 255 g/mol. The maximum Gasteiger partial charge on any atom is 0.151 e. The molecule has 1 rings (SSSR count). The van der Waals surface area contributed by atoms with E-state index in [2.05, 4.69) is 29.3 Å². The Balaban J connectivity index is 2.26. The van der Waals surface area contributed by atoms with Crippen molar-refractivity contribution in [3.63, 3.8) is 0 Å². The van der Waals surface area contributed by atoms with E-state index >= 15 is 0 Å². The highest BCUT2D eigenvalue weighted by Gasteiger charge is 2.07. The van der Waals surface area contributed by atoms with Gasteiger partial charge >= 0.3 is 0 Å². The number of rotatable bonds is 9. The van der Waals surface area contributed by atoms with E-state index in [9.17, 15) is 0 Å². The van der Waals surface area contributed by atoms with Crippen molar-refractivity contribution in [3.8, 4) is 0 Å². The summed E-state index contributed by atoms with van der Waals surface area (Å²) in [5.74, 6) is 0.898. The van der Waals surface area contributed by atoms with Crippen molar-refractivity contribution in [1.82, 2.24) is 15.4 Å². The van der Waals surface area contributed by atoms with E-state index in [0.29, 0.717) is 0 Å². The van der Waals surface area contributed by atoms with Gasteiger partial charge in [0.15, 0.2) is 5.76 Å². The van der Waals surface area contributed by atoms with Gasteiger partial charge in [-0.3, -0.25) is 4.90 Å². The molecular formula is C13H25N3O2. The SMILES string of the molecule is CCNCc1cc(CN(C)CCOC(C)C)on1. The fourth-order valence-electron chi connectivity index (χ4n) is 1.56. The summed E-state index contributed by atoms with van der Waals surface area (Å²) in [6.07, 6.45) is 0.287. The summed E-state index contributed by atoms with van der Waals surface area (Å²) in [6.45, 7) is 10.3. The molecule has 0 aromatic carbocycles. The molecule has 5 nitrogen and oxygen atoms in total. The second-order valence-corrected chi connectivity index (χ2v) is 4.72. The van der Waals surface area contributed by atoms with Crippen molar-refractivity contribution in [1.29, 1.82) is 0 Å². The lowest BCUT2D eigenvalue weighted by molar-refractivity contribution is 0.0613. The highest BCUT2D eigenvalue weighted by atomic mass is 16.5. The maximum absolute atomic E-state index is 5.51. The van der Waals surface area contributed by atoms with Crippen LogP contribution in [0.2, 0.25) is 0 Å². The minimum Gasteiger partial charge on any atom is -0.377 e. The summed E-state index contributed by atoms with van der Waals surface area (Å²) in [5.41, 5.74) is 0.957. The molecule has 1 aromatic rings. The highest BCUT2D eigenvalue weighted by molar-refractivity contribution is 5.04. The fourth-order valence-corrected chi connectivity index (χ4v) is 1.56. The predicted molar refractivity (Wildman–Crippen MR) is 71.3 cm³/mol. The molecule has 0 aliphatic heterocycles. The molecule has 0 spiro atoms. The van der Waals surface area contributed by atoms with Gasteiger partial charge in [-0.05, 0) is 27.4 Å². The Morgan fingerprint density at radius 3 is 2.94 bits per heavy atom. The highest BCUT2D eigenvalue weighted by Crippen LogP contribution is 2.06. The molecule has 18 heavy (non-hydrogen) atoms. The maximum atomic E-state index is 5.51. The number of nitrogens with zero attached hydrogens (tertiary/aromatic N) is 2. The van der Waals surface area contributed by atoms with E-state index in [4.69, 9.17) is 9.26 Å². The molecule has 0 amide bonds. The Hall–Kier alpha value is -0.910. The standard InChI is InChI=1S/C13H25N3O2/c1-5-14-9-12-8-13(18-15-12)10-16(4)6-7-17-11(2)3/h8,11,14H,5-7,9-10H2,1-4H3. The Kier molecular flexibility index (Phi) is 6.93. The summed E-state index contributed by atoms with van der Waals surface area (Å²) in [7, 11) is 2.05. The van der Waals surface area contributed by atoms with E-state index in [1.54, 1.807) is 0 Å². The lowest BCUT2D eigenvalue weighted by Crippen LogP contribution is -2.23. The van der Waals surface area contributed by atoms with E-state index < -0.39 is 0 Å². The van der Waals surface area contributed by atoms with Crippen molar-refractivity contribution < 1.29 is 9.26 Å². The minimum absolute atomic E-state index is 0.287. The number of nitrogens with one attached hydrogen (secondary N) is 1. The van der Waals surface area contributed by atoms with Crippen LogP contribution >= 0.6 is 0 Å². The molecule has 1 aromatic heterocycles. The summed E-state index contributed by atoms with van der Waals surface area (Å²) in [6, 6.07) is 2.00. The number of ether oxygens (including phenoxy) is 1. The predicted octanol–water partition coefficient (Wildman–Crippen LogP) is 1.64. The molecule has 0 atom stereocenters. The van der Waals surface area contributed by atoms with Gasteiger partial charge in [0.05, 0.1) is 24.9 Å². The molecule has 0 fully saturated rings. The third kappa shape index (κ3) is 6.14. The van der Waals surface area contributed by atoms with Crippen LogP contribution in [-0.2, 0) is 17.8 Å². The summed E-state index contributed by atoms with van der Waals surface area (Å²) >= 11 is 0. The van der Waals surface area contributed by atoms with E-state index in [-0.39, 0.29) is 6.10 Å². The zero-order valence-electron chi connectivity index (χ0n) is 11.9. The van der Waals surface area contributed by atoms with E-state index in [1.807, 2.05) is 19.9 Å². The van der Waals surface area contributed by atoms with Crippen LogP contribution < -0.4 is 5.32 Å². The average Bonchev–Trinajstić information content (AvgIpc) is 2.73. The minimum atomic E-state index is 0.287. The smallest absolute Gasteiger partial charge is 0.151 e. The number of likely N-dealkylation sites (N-methyl/N-ethyl adjacent to an activating group) is 1. The van der Waals surface area contributed by atoms with Crippen molar-refractivity contribution in [2.24, 2.45) is 0 Å². The van der Waals surface area contributed by atoms with Gasteiger partial charge in [0, 0.05) is 19.2 Å². The molecule has 0 unspecified atom stereocenters. The van der Waals surface area contributed by atoms with Crippen molar-refractivity contribution in [2.75, 3.05) is 26.7 Å². The van der Waals surface area contributed by atoms with E-state index in [1.165, 1.54) is 0 Å². The second-order valence-electron chi connectivity index (χ2n) is 4.72. The van der Waals surface area contributed by atoms with Crippen LogP contribution in [0.3, 0.4) is 0 Å². The molecule has 0 saturated carbocycles. The molecule has 104 valence electrons. The largest absolute Gasteiger partial charge is 0.377 e. The molecule has 0 bridgehead atoms. The Morgan fingerprint density at radius 1 is 1.50 bits per heavy atom. The Bertz CT molecular complexity index is 326. The summed E-state index contributed by atoms with van der Waals surface area (Å²) < 4.78 is 10.8. The van der Waals surface area contributed by atoms with Gasteiger partial charge in [-0.2, -0.15) is 0 Å². The average molecular weight is 255 g/mol. The number of hydrogen-bond donors (Lipinski definition) is 1. The molecule has 5 heteroatoms. The molecule has 0 aliphatic carbocycles. The Morgan fingerprint density at radius 2 is 2.28 bits per heavy atom. The van der Waals surface area contributed by atoms with Gasteiger partial charge in [-0.1, -0.05) is 12.1 Å². The lowest BCUT2D eigenvalue weighted by Gasteiger charge is -2.15. The zero-order valence-corrected chi connectivity index (χ0v) is 11.9. The van der Waals surface area contributed by atoms with Gasteiger partial charge in [-0.25, -0.2) is 0 Å². The first-order valence-electron chi connectivity index (χ1n) is 6.57. The quantitative estimate of drug-likeness (QED) is 0.727. The van der Waals surface area contributed by atoms with Crippen LogP contribution in [0.5, 0.6) is 0 Å². The van der Waals surface area contributed by atoms with Crippen LogP contribution in [0.4, 0.5) is 0 Å². The van der Waals surface area contributed by atoms with E-state index in [0.717, 1.165) is 44.2 Å². The van der Waals surface area contributed by atoms with Crippen LogP contribution in [0.1, 0.15) is 32.2 Å². The van der Waals surface area contributed by atoms with Crippen LogP contribution in [0.25, 0.3) is 0 Å². The first-order valence-corrected chi connectivity index (χ1v) is 6.57. The van der Waals surface area contributed by atoms with Gasteiger partial charge in [0.1, 0.15) is 0 Å². The topological polar surface area (TPSA) is 50.5 Å². The normalized spacial score (nSPS) is 11.7. The third-order valence-corrected chi connectivity index (χ3v) is 2.51. The van der Waals surface area contributed by atoms with Crippen LogP contribution in [0.15, 0.2) is 10.6 Å². The molecular weight excluding hydrogens is 230 g/mol. The second kappa shape index (κ2) is 8.24. The molecule has 1 N–H and O–H groups in total. The van der Waals surface area contributed by atoms with Gasteiger partial charge in [0.25, 0.3) is 0 Å². The lowest BCUT2D eigenvalue weighted by atomic mass is 10.3. The molecule has 0 radical (unpaired) electrons. The first-order chi connectivity index (χ1) is 8.61. The Labute approximate surface area is 109 Å². The molecule has 0 saturated heterocycles. The van der Waals surface area contributed by atoms with Gasteiger partial charge in [-0.15, -0.1) is 0 Å². The van der Waals surface area contributed by atoms with Crippen molar-refractivity contribution in [3.05, 3.63) is 17.5 Å². The zero-order chi connectivity index (χ0) is 13.4. The fraction of sp³-hybridized carbons (Fsp3) is 0.769. The van der Waals surface area contributed by atoms with Gasteiger partial charge in [0.2, 0.25) is 0 Å². The van der Waals surface area contributed by atoms with Gasteiger partial charge < -0.3 is 14.6 Å². The van der Waals surface area contributed by atoms with Crippen LogP contribution in [0, 0.1) is 0 Å². The van der Waals surface area contributed by atoms with Crippen molar-refractivity contribution in [2.45, 2.75) is 40.0 Å². The molecule has 1 heterocycles. The number of aromatic nitrogens is 1. The third-order valence-electron chi connectivity index (χ3n) is 2.51. The number of hydrogen-bond acceptors (Lipinski definition) is 5. The van der Waals surface area contributed by atoms with Crippen molar-refractivity contribution >= 4 is 0 Å². The first kappa shape index (κ1) is 15.1.